The standard InChI is InChI=1S/C14H12O5S/c1-20(18,19)13-4-2-9(3-5-13)10-6-11(14(16)17)8-12(15)7-10/h2-8,15H,1H3,(H,16,17). The van der Waals surface area contributed by atoms with E-state index in [1.165, 1.54) is 24.3 Å². The van der Waals surface area contributed by atoms with Crippen molar-refractivity contribution in [1.29, 1.82) is 0 Å². The molecule has 5 nitrogen and oxygen atoms in total. The Morgan fingerprint density at radius 1 is 1.00 bits per heavy atom. The van der Waals surface area contributed by atoms with Crippen molar-refractivity contribution in [3.63, 3.8) is 0 Å². The number of hydrogen-bond donors (Lipinski definition) is 2. The first-order valence-electron chi connectivity index (χ1n) is 5.65. The van der Waals surface area contributed by atoms with Gasteiger partial charge in [-0.3, -0.25) is 0 Å². The summed E-state index contributed by atoms with van der Waals surface area (Å²) in [7, 11) is -3.28. The molecule has 0 bridgehead atoms. The van der Waals surface area contributed by atoms with Crippen molar-refractivity contribution in [2.75, 3.05) is 6.26 Å². The molecule has 2 rings (SSSR count). The lowest BCUT2D eigenvalue weighted by atomic mass is 10.0. The molecule has 0 saturated carbocycles. The van der Waals surface area contributed by atoms with E-state index in [2.05, 4.69) is 0 Å². The first kappa shape index (κ1) is 14.1. The Bertz CT molecular complexity index is 761. The molecule has 0 fully saturated rings. The second-order valence-corrected chi connectivity index (χ2v) is 6.39. The molecule has 104 valence electrons. The van der Waals surface area contributed by atoms with Crippen molar-refractivity contribution in [3.8, 4) is 16.9 Å². The van der Waals surface area contributed by atoms with Crippen LogP contribution in [0.2, 0.25) is 0 Å². The highest BCUT2D eigenvalue weighted by Gasteiger charge is 2.10. The summed E-state index contributed by atoms with van der Waals surface area (Å²) >= 11 is 0. The van der Waals surface area contributed by atoms with Crippen LogP contribution >= 0.6 is 0 Å². The van der Waals surface area contributed by atoms with E-state index in [0.29, 0.717) is 11.1 Å². The van der Waals surface area contributed by atoms with Crippen LogP contribution in [0.25, 0.3) is 11.1 Å². The predicted octanol–water partition coefficient (Wildman–Crippen LogP) is 2.16. The molecule has 0 spiro atoms. The van der Waals surface area contributed by atoms with Crippen LogP contribution in [-0.4, -0.2) is 30.9 Å². The molecule has 0 radical (unpaired) electrons. The summed E-state index contributed by atoms with van der Waals surface area (Å²) in [5, 5.41) is 18.5. The molecule has 20 heavy (non-hydrogen) atoms. The number of carboxylic acids is 1. The third-order valence-corrected chi connectivity index (χ3v) is 3.91. The second-order valence-electron chi connectivity index (χ2n) is 4.37. The average Bonchev–Trinajstić information content (AvgIpc) is 2.37. The quantitative estimate of drug-likeness (QED) is 0.904. The fraction of sp³-hybridized carbons (Fsp3) is 0.0714. The molecule has 0 aliphatic heterocycles. The van der Waals surface area contributed by atoms with E-state index in [-0.39, 0.29) is 16.2 Å². The fourth-order valence-corrected chi connectivity index (χ4v) is 2.43. The zero-order valence-electron chi connectivity index (χ0n) is 10.6. The van der Waals surface area contributed by atoms with E-state index in [9.17, 15) is 18.3 Å². The molecule has 0 heterocycles. The maximum absolute atomic E-state index is 11.4. The minimum Gasteiger partial charge on any atom is -0.508 e. The number of phenolic OH excluding ortho intramolecular Hbond substituents is 1. The van der Waals surface area contributed by atoms with Gasteiger partial charge in [0, 0.05) is 6.26 Å². The van der Waals surface area contributed by atoms with Gasteiger partial charge in [-0.1, -0.05) is 12.1 Å². The van der Waals surface area contributed by atoms with Gasteiger partial charge in [0.25, 0.3) is 0 Å². The van der Waals surface area contributed by atoms with Crippen LogP contribution < -0.4 is 0 Å². The highest BCUT2D eigenvalue weighted by atomic mass is 32.2. The normalized spacial score (nSPS) is 11.2. The van der Waals surface area contributed by atoms with Crippen LogP contribution in [0.15, 0.2) is 47.4 Å². The van der Waals surface area contributed by atoms with Gasteiger partial charge in [-0.2, -0.15) is 0 Å². The van der Waals surface area contributed by atoms with E-state index in [1.807, 2.05) is 0 Å². The zero-order chi connectivity index (χ0) is 14.9. The molecule has 0 unspecified atom stereocenters. The summed E-state index contributed by atoms with van der Waals surface area (Å²) in [6.45, 7) is 0. The van der Waals surface area contributed by atoms with Gasteiger partial charge in [0.1, 0.15) is 5.75 Å². The molecule has 6 heteroatoms. The molecule has 0 aliphatic carbocycles. The Balaban J connectivity index is 2.49. The maximum atomic E-state index is 11.4. The van der Waals surface area contributed by atoms with Crippen LogP contribution in [0.1, 0.15) is 10.4 Å². The van der Waals surface area contributed by atoms with Crippen molar-refractivity contribution in [2.45, 2.75) is 4.90 Å². The van der Waals surface area contributed by atoms with Gasteiger partial charge in [0.2, 0.25) is 0 Å². The average molecular weight is 292 g/mol. The van der Waals surface area contributed by atoms with Crippen molar-refractivity contribution in [1.82, 2.24) is 0 Å². The summed E-state index contributed by atoms with van der Waals surface area (Å²) in [6.07, 6.45) is 1.11. The number of phenols is 1. The number of hydrogen-bond acceptors (Lipinski definition) is 4. The summed E-state index contributed by atoms with van der Waals surface area (Å²) in [6, 6.07) is 9.99. The van der Waals surface area contributed by atoms with Crippen molar-refractivity contribution in [3.05, 3.63) is 48.0 Å². The second kappa shape index (κ2) is 4.97. The Hall–Kier alpha value is -2.34. The lowest BCUT2D eigenvalue weighted by Crippen LogP contribution is -1.97. The number of carboxylic acid groups (broad SMARTS) is 1. The van der Waals surface area contributed by atoms with Gasteiger partial charge in [-0.25, -0.2) is 13.2 Å². The van der Waals surface area contributed by atoms with Gasteiger partial charge >= 0.3 is 5.97 Å². The van der Waals surface area contributed by atoms with E-state index < -0.39 is 15.8 Å². The van der Waals surface area contributed by atoms with Gasteiger partial charge in [-0.05, 0) is 41.5 Å². The first-order chi connectivity index (χ1) is 9.27. The summed E-state index contributed by atoms with van der Waals surface area (Å²) in [5.41, 5.74) is 1.09. The minimum atomic E-state index is -3.28. The maximum Gasteiger partial charge on any atom is 0.335 e. The number of sulfone groups is 1. The van der Waals surface area contributed by atoms with Crippen molar-refractivity contribution < 1.29 is 23.4 Å². The smallest absolute Gasteiger partial charge is 0.335 e. The van der Waals surface area contributed by atoms with Gasteiger partial charge in [-0.15, -0.1) is 0 Å². The Labute approximate surface area is 116 Å². The minimum absolute atomic E-state index is 0.0350. The van der Waals surface area contributed by atoms with Crippen LogP contribution in [-0.2, 0) is 9.84 Å². The number of aromatic carboxylic acids is 1. The lowest BCUT2D eigenvalue weighted by Gasteiger charge is -2.06. The number of carbonyl (C=O) groups is 1. The van der Waals surface area contributed by atoms with Crippen LogP contribution in [0, 0.1) is 0 Å². The van der Waals surface area contributed by atoms with Crippen molar-refractivity contribution >= 4 is 15.8 Å². The summed E-state index contributed by atoms with van der Waals surface area (Å²) in [4.78, 5) is 11.1. The van der Waals surface area contributed by atoms with Crippen LogP contribution in [0.5, 0.6) is 5.75 Å². The molecule has 0 atom stereocenters. The zero-order valence-corrected chi connectivity index (χ0v) is 11.4. The monoisotopic (exact) mass is 292 g/mol. The number of rotatable bonds is 3. The molecule has 0 amide bonds. The highest BCUT2D eigenvalue weighted by Crippen LogP contribution is 2.26. The van der Waals surface area contributed by atoms with E-state index in [4.69, 9.17) is 5.11 Å². The molecule has 0 saturated heterocycles. The third kappa shape index (κ3) is 2.97. The molecule has 2 aromatic rings. The third-order valence-electron chi connectivity index (χ3n) is 2.78. The predicted molar refractivity (Wildman–Crippen MR) is 73.6 cm³/mol. The molecule has 0 aromatic heterocycles. The lowest BCUT2D eigenvalue weighted by molar-refractivity contribution is 0.0696. The molecular weight excluding hydrogens is 280 g/mol. The first-order valence-corrected chi connectivity index (χ1v) is 7.54. The summed E-state index contributed by atoms with van der Waals surface area (Å²) in [5.74, 6) is -1.30. The SMILES string of the molecule is CS(=O)(=O)c1ccc(-c2cc(O)cc(C(=O)O)c2)cc1. The molecule has 2 N–H and O–H groups in total. The van der Waals surface area contributed by atoms with Crippen LogP contribution in [0.3, 0.4) is 0 Å². The fourth-order valence-electron chi connectivity index (χ4n) is 1.80. The van der Waals surface area contributed by atoms with Crippen LogP contribution in [0.4, 0.5) is 0 Å². The van der Waals surface area contributed by atoms with Gasteiger partial charge in [0.05, 0.1) is 10.5 Å². The van der Waals surface area contributed by atoms with E-state index in [1.54, 1.807) is 12.1 Å². The van der Waals surface area contributed by atoms with Crippen molar-refractivity contribution in [2.24, 2.45) is 0 Å². The number of benzene rings is 2. The Morgan fingerprint density at radius 2 is 1.60 bits per heavy atom. The summed E-state index contributed by atoms with van der Waals surface area (Å²) < 4.78 is 22.7. The van der Waals surface area contributed by atoms with Gasteiger partial charge in [0.15, 0.2) is 9.84 Å². The van der Waals surface area contributed by atoms with Gasteiger partial charge < -0.3 is 10.2 Å². The Morgan fingerprint density at radius 3 is 2.10 bits per heavy atom. The van der Waals surface area contributed by atoms with E-state index >= 15 is 0 Å². The molecular formula is C14H12O5S. The number of aromatic hydroxyl groups is 1. The highest BCUT2D eigenvalue weighted by molar-refractivity contribution is 7.90. The van der Waals surface area contributed by atoms with E-state index in [0.717, 1.165) is 12.3 Å². The molecule has 2 aromatic carbocycles. The largest absolute Gasteiger partial charge is 0.508 e. The Kier molecular flexibility index (Phi) is 3.50. The topological polar surface area (TPSA) is 91.7 Å². The molecule has 0 aliphatic rings.